The second-order valence-corrected chi connectivity index (χ2v) is 6.41. The normalized spacial score (nSPS) is 14.4. The van der Waals surface area contributed by atoms with Gasteiger partial charge in [0.05, 0.1) is 13.2 Å². The summed E-state index contributed by atoms with van der Waals surface area (Å²) in [5.74, 6) is 0.895. The lowest BCUT2D eigenvalue weighted by atomic mass is 10.2. The van der Waals surface area contributed by atoms with Gasteiger partial charge >= 0.3 is 6.09 Å². The zero-order valence-corrected chi connectivity index (χ0v) is 19.1. The van der Waals surface area contributed by atoms with Crippen LogP contribution in [-0.2, 0) is 11.3 Å². The van der Waals surface area contributed by atoms with Crippen LogP contribution in [0.4, 0.5) is 10.5 Å². The lowest BCUT2D eigenvalue weighted by Gasteiger charge is -2.35. The number of hydrogen-bond acceptors (Lipinski definition) is 4. The Balaban J connectivity index is 0.00000364. The number of carbonyl (C=O) groups is 1. The summed E-state index contributed by atoms with van der Waals surface area (Å²) in [7, 11) is 4.07. The van der Waals surface area contributed by atoms with E-state index in [1.54, 1.807) is 4.90 Å². The summed E-state index contributed by atoms with van der Waals surface area (Å²) in [5, 5.41) is 3.36. The third kappa shape index (κ3) is 7.08. The molecule has 27 heavy (non-hydrogen) atoms. The third-order valence-electron chi connectivity index (χ3n) is 4.28. The summed E-state index contributed by atoms with van der Waals surface area (Å²) in [5.41, 5.74) is 2.35. The maximum atomic E-state index is 11.8. The zero-order chi connectivity index (χ0) is 18.9. The molecule has 0 atom stereocenters. The number of rotatable bonds is 5. The third-order valence-corrected chi connectivity index (χ3v) is 4.28. The Kier molecular flexibility index (Phi) is 10.3. The molecule has 0 spiro atoms. The topological polar surface area (TPSA) is 60.4 Å². The number of piperazine rings is 1. The summed E-state index contributed by atoms with van der Waals surface area (Å²) in [4.78, 5) is 22.7. The SMILES string of the molecule is CCNC(=NCc1cccc(N(C)C)c1)N1CCN(C(=O)OCC)CC1.I. The van der Waals surface area contributed by atoms with Crippen LogP contribution >= 0.6 is 24.0 Å². The van der Waals surface area contributed by atoms with Gasteiger partial charge in [0.2, 0.25) is 0 Å². The largest absolute Gasteiger partial charge is 0.450 e. The van der Waals surface area contributed by atoms with E-state index in [0.717, 1.165) is 25.6 Å². The van der Waals surface area contributed by atoms with Gasteiger partial charge in [-0.25, -0.2) is 9.79 Å². The number of guanidine groups is 1. The van der Waals surface area contributed by atoms with E-state index < -0.39 is 0 Å². The van der Waals surface area contributed by atoms with E-state index in [2.05, 4.69) is 46.3 Å². The molecule has 8 heteroatoms. The van der Waals surface area contributed by atoms with Crippen LogP contribution < -0.4 is 10.2 Å². The Bertz CT molecular complexity index is 616. The molecule has 2 rings (SSSR count). The minimum absolute atomic E-state index is 0. The number of nitrogens with zero attached hydrogens (tertiary/aromatic N) is 4. The molecule has 1 aliphatic heterocycles. The van der Waals surface area contributed by atoms with Crippen molar-refractivity contribution >= 4 is 41.7 Å². The first kappa shape index (κ1) is 23.3. The molecule has 1 fully saturated rings. The van der Waals surface area contributed by atoms with Gasteiger partial charge in [0.1, 0.15) is 0 Å². The summed E-state index contributed by atoms with van der Waals surface area (Å²) >= 11 is 0. The van der Waals surface area contributed by atoms with Crippen LogP contribution in [-0.4, -0.2) is 75.3 Å². The molecule has 0 aliphatic carbocycles. The van der Waals surface area contributed by atoms with Crippen LogP contribution in [0.3, 0.4) is 0 Å². The Labute approximate surface area is 179 Å². The molecule has 0 radical (unpaired) electrons. The maximum absolute atomic E-state index is 11.8. The highest BCUT2D eigenvalue weighted by atomic mass is 127. The first-order chi connectivity index (χ1) is 12.5. The molecule has 1 heterocycles. The number of ether oxygens (including phenoxy) is 1. The van der Waals surface area contributed by atoms with Crippen molar-refractivity contribution in [2.24, 2.45) is 4.99 Å². The predicted octanol–water partition coefficient (Wildman–Crippen LogP) is 2.61. The minimum atomic E-state index is -0.227. The van der Waals surface area contributed by atoms with E-state index in [-0.39, 0.29) is 30.1 Å². The van der Waals surface area contributed by atoms with Crippen LogP contribution in [0.25, 0.3) is 0 Å². The highest BCUT2D eigenvalue weighted by molar-refractivity contribution is 14.0. The predicted molar refractivity (Wildman–Crippen MR) is 121 cm³/mol. The molecule has 152 valence electrons. The van der Waals surface area contributed by atoms with E-state index in [0.29, 0.717) is 26.2 Å². The molecule has 0 bridgehead atoms. The summed E-state index contributed by atoms with van der Waals surface area (Å²) in [6.45, 7) is 8.56. The monoisotopic (exact) mass is 489 g/mol. The van der Waals surface area contributed by atoms with E-state index in [4.69, 9.17) is 9.73 Å². The van der Waals surface area contributed by atoms with Crippen molar-refractivity contribution in [2.45, 2.75) is 20.4 Å². The number of nitrogens with one attached hydrogen (secondary N) is 1. The van der Waals surface area contributed by atoms with Gasteiger partial charge in [-0.3, -0.25) is 0 Å². The van der Waals surface area contributed by atoms with Crippen LogP contribution in [0.2, 0.25) is 0 Å². The summed E-state index contributed by atoms with van der Waals surface area (Å²) in [6, 6.07) is 8.41. The van der Waals surface area contributed by atoms with Crippen molar-refractivity contribution in [1.29, 1.82) is 0 Å². The van der Waals surface area contributed by atoms with E-state index in [1.165, 1.54) is 11.3 Å². The zero-order valence-electron chi connectivity index (χ0n) is 16.8. The molecule has 7 nitrogen and oxygen atoms in total. The molecule has 1 aliphatic rings. The molecule has 1 amide bonds. The standard InChI is InChI=1S/C19H31N5O2.HI/c1-5-20-18(21-15-16-8-7-9-17(14-16)22(3)4)23-10-12-24(13-11-23)19(25)26-6-2;/h7-9,14H,5-6,10-13,15H2,1-4H3,(H,20,21);1H. The highest BCUT2D eigenvalue weighted by Crippen LogP contribution is 2.14. The molecule has 1 saturated heterocycles. The van der Waals surface area contributed by atoms with E-state index >= 15 is 0 Å². The van der Waals surface area contributed by atoms with Crippen molar-refractivity contribution < 1.29 is 9.53 Å². The molecule has 1 aromatic carbocycles. The van der Waals surface area contributed by atoms with Gasteiger partial charge in [-0.15, -0.1) is 24.0 Å². The summed E-state index contributed by atoms with van der Waals surface area (Å²) in [6.07, 6.45) is -0.227. The van der Waals surface area contributed by atoms with Gasteiger partial charge in [0, 0.05) is 52.5 Å². The first-order valence-corrected chi connectivity index (χ1v) is 9.26. The van der Waals surface area contributed by atoms with Crippen molar-refractivity contribution in [3.63, 3.8) is 0 Å². The van der Waals surface area contributed by atoms with Crippen LogP contribution in [0.15, 0.2) is 29.3 Å². The number of anilines is 1. The second kappa shape index (κ2) is 11.9. The fourth-order valence-electron chi connectivity index (χ4n) is 2.84. The molecule has 0 saturated carbocycles. The quantitative estimate of drug-likeness (QED) is 0.392. The van der Waals surface area contributed by atoms with E-state index in [9.17, 15) is 4.79 Å². The number of halogens is 1. The molecule has 0 aromatic heterocycles. The van der Waals surface area contributed by atoms with Gasteiger partial charge < -0.3 is 24.8 Å². The average molecular weight is 489 g/mol. The van der Waals surface area contributed by atoms with Crippen molar-refractivity contribution in [3.05, 3.63) is 29.8 Å². The smallest absolute Gasteiger partial charge is 0.409 e. The van der Waals surface area contributed by atoms with Crippen LogP contribution in [0.5, 0.6) is 0 Å². The number of amides is 1. The Hall–Kier alpha value is -1.71. The van der Waals surface area contributed by atoms with Gasteiger partial charge in [0.15, 0.2) is 5.96 Å². The van der Waals surface area contributed by atoms with Crippen LogP contribution in [0.1, 0.15) is 19.4 Å². The number of carbonyl (C=O) groups excluding carboxylic acids is 1. The van der Waals surface area contributed by atoms with Gasteiger partial charge in [-0.1, -0.05) is 12.1 Å². The van der Waals surface area contributed by atoms with Gasteiger partial charge in [0.25, 0.3) is 0 Å². The number of benzene rings is 1. The molecular formula is C19H32IN5O2. The molecule has 0 unspecified atom stereocenters. The average Bonchev–Trinajstić information content (AvgIpc) is 2.65. The fraction of sp³-hybridized carbons (Fsp3) is 0.579. The lowest BCUT2D eigenvalue weighted by Crippen LogP contribution is -2.53. The Morgan fingerprint density at radius 1 is 1.19 bits per heavy atom. The maximum Gasteiger partial charge on any atom is 0.409 e. The van der Waals surface area contributed by atoms with Crippen LogP contribution in [0, 0.1) is 0 Å². The Morgan fingerprint density at radius 3 is 2.44 bits per heavy atom. The summed E-state index contributed by atoms with van der Waals surface area (Å²) < 4.78 is 5.08. The van der Waals surface area contributed by atoms with E-state index in [1.807, 2.05) is 21.0 Å². The number of hydrogen-bond donors (Lipinski definition) is 1. The fourth-order valence-corrected chi connectivity index (χ4v) is 2.84. The van der Waals surface area contributed by atoms with Gasteiger partial charge in [-0.2, -0.15) is 0 Å². The van der Waals surface area contributed by atoms with Crippen molar-refractivity contribution in [2.75, 3.05) is 58.3 Å². The minimum Gasteiger partial charge on any atom is -0.450 e. The molecule has 1 aromatic rings. The number of aliphatic imine (C=N–C) groups is 1. The highest BCUT2D eigenvalue weighted by Gasteiger charge is 2.23. The van der Waals surface area contributed by atoms with Crippen molar-refractivity contribution in [3.8, 4) is 0 Å². The molecule has 1 N–H and O–H groups in total. The molecular weight excluding hydrogens is 457 g/mol. The van der Waals surface area contributed by atoms with Crippen molar-refractivity contribution in [1.82, 2.24) is 15.1 Å². The Morgan fingerprint density at radius 2 is 1.85 bits per heavy atom. The lowest BCUT2D eigenvalue weighted by molar-refractivity contribution is 0.0914. The second-order valence-electron chi connectivity index (χ2n) is 6.41. The van der Waals surface area contributed by atoms with Gasteiger partial charge in [-0.05, 0) is 31.5 Å². The first-order valence-electron chi connectivity index (χ1n) is 9.26.